The van der Waals surface area contributed by atoms with Gasteiger partial charge in [-0.2, -0.15) is 0 Å². The fraction of sp³-hybridized carbons (Fsp3) is 0.308. The number of rotatable bonds is 1. The monoisotopic (exact) mass is 375 g/mol. The molecule has 0 aliphatic rings. The molecule has 18 heavy (non-hydrogen) atoms. The van der Waals surface area contributed by atoms with E-state index in [-0.39, 0.29) is 6.09 Å². The van der Waals surface area contributed by atoms with Crippen molar-refractivity contribution in [3.8, 4) is 10.6 Å². The van der Waals surface area contributed by atoms with E-state index >= 15 is 0 Å². The number of halogens is 1. The van der Waals surface area contributed by atoms with Gasteiger partial charge in [-0.15, -0.1) is 11.3 Å². The molecule has 0 aromatic carbocycles. The van der Waals surface area contributed by atoms with Crippen LogP contribution in [-0.4, -0.2) is 16.3 Å². The van der Waals surface area contributed by atoms with Gasteiger partial charge in [-0.1, -0.05) is 6.07 Å². The number of nitrogens with zero attached hydrogens (tertiary/aromatic N) is 1. The van der Waals surface area contributed by atoms with Crippen LogP contribution in [0.15, 0.2) is 29.8 Å². The summed E-state index contributed by atoms with van der Waals surface area (Å²) >= 11 is 3.80. The summed E-state index contributed by atoms with van der Waals surface area (Å²) in [6.07, 6.45) is 1.46. The first-order valence-corrected chi connectivity index (χ1v) is 7.48. The van der Waals surface area contributed by atoms with Gasteiger partial charge in [-0.3, -0.25) is 4.57 Å². The normalized spacial score (nSPS) is 11.6. The zero-order valence-corrected chi connectivity index (χ0v) is 13.4. The first-order valence-electron chi connectivity index (χ1n) is 5.52. The van der Waals surface area contributed by atoms with Gasteiger partial charge in [-0.05, 0) is 60.9 Å². The Morgan fingerprint density at radius 2 is 2.17 bits per heavy atom. The summed E-state index contributed by atoms with van der Waals surface area (Å²) in [6.45, 7) is 5.60. The van der Waals surface area contributed by atoms with Crippen LogP contribution in [0.1, 0.15) is 20.8 Å². The molecule has 2 heterocycles. The van der Waals surface area contributed by atoms with E-state index in [1.54, 1.807) is 22.1 Å². The first-order chi connectivity index (χ1) is 8.37. The minimum Gasteiger partial charge on any atom is -0.443 e. The van der Waals surface area contributed by atoms with Crippen LogP contribution in [0, 0.1) is 3.57 Å². The molecule has 2 aromatic heterocycles. The van der Waals surface area contributed by atoms with Crippen LogP contribution in [0.3, 0.4) is 0 Å². The van der Waals surface area contributed by atoms with Gasteiger partial charge in [0.25, 0.3) is 0 Å². The Morgan fingerprint density at radius 3 is 2.72 bits per heavy atom. The minimum absolute atomic E-state index is 0.339. The van der Waals surface area contributed by atoms with Crippen LogP contribution in [0.2, 0.25) is 0 Å². The van der Waals surface area contributed by atoms with Gasteiger partial charge in [0.2, 0.25) is 0 Å². The molecule has 0 saturated heterocycles. The topological polar surface area (TPSA) is 31.2 Å². The number of carbonyl (C=O) groups excluding carboxylic acids is 1. The largest absolute Gasteiger partial charge is 0.443 e. The lowest BCUT2D eigenvalue weighted by atomic mass is 10.2. The highest BCUT2D eigenvalue weighted by atomic mass is 127. The summed E-state index contributed by atoms with van der Waals surface area (Å²) in [5.41, 5.74) is 0.392. The summed E-state index contributed by atoms with van der Waals surface area (Å²) in [4.78, 5) is 13.2. The third kappa shape index (κ3) is 3.14. The molecule has 2 rings (SSSR count). The van der Waals surface area contributed by atoms with Crippen LogP contribution in [0.5, 0.6) is 0 Å². The lowest BCUT2D eigenvalue weighted by Crippen LogP contribution is -2.27. The molecular weight excluding hydrogens is 361 g/mol. The molecule has 0 aliphatic heterocycles. The van der Waals surface area contributed by atoms with Crippen molar-refractivity contribution in [2.45, 2.75) is 26.4 Å². The third-order valence-corrected chi connectivity index (χ3v) is 3.63. The highest BCUT2D eigenvalue weighted by Crippen LogP contribution is 2.28. The molecule has 3 nitrogen and oxygen atoms in total. The second-order valence-electron chi connectivity index (χ2n) is 4.87. The molecule has 0 unspecified atom stereocenters. The highest BCUT2D eigenvalue weighted by Gasteiger charge is 2.21. The summed E-state index contributed by atoms with van der Waals surface area (Å²) in [6, 6.07) is 5.95. The average molecular weight is 375 g/mol. The van der Waals surface area contributed by atoms with Gasteiger partial charge >= 0.3 is 6.09 Å². The Kier molecular flexibility index (Phi) is 3.82. The lowest BCUT2D eigenvalue weighted by Gasteiger charge is -2.20. The van der Waals surface area contributed by atoms with Crippen LogP contribution in [0.4, 0.5) is 4.79 Å². The van der Waals surface area contributed by atoms with Gasteiger partial charge in [-0.25, -0.2) is 4.79 Å². The molecular formula is C13H14INO2S. The fourth-order valence-electron chi connectivity index (χ4n) is 1.51. The summed E-state index contributed by atoms with van der Waals surface area (Å²) in [7, 11) is 0. The second-order valence-corrected chi connectivity index (χ2v) is 7.06. The van der Waals surface area contributed by atoms with Gasteiger partial charge in [0, 0.05) is 9.77 Å². The zero-order valence-electron chi connectivity index (χ0n) is 10.4. The van der Waals surface area contributed by atoms with E-state index < -0.39 is 5.60 Å². The maximum atomic E-state index is 12.1. The Hall–Kier alpha value is -0.820. The van der Waals surface area contributed by atoms with E-state index in [1.165, 1.54) is 0 Å². The Bertz CT molecular complexity index is 552. The molecule has 0 radical (unpaired) electrons. The van der Waals surface area contributed by atoms with Crippen molar-refractivity contribution in [2.24, 2.45) is 0 Å². The third-order valence-electron chi connectivity index (χ3n) is 2.15. The van der Waals surface area contributed by atoms with Crippen molar-refractivity contribution < 1.29 is 9.53 Å². The van der Waals surface area contributed by atoms with Crippen molar-refractivity contribution in [2.75, 3.05) is 0 Å². The number of thiophene rings is 1. The first kappa shape index (κ1) is 13.6. The highest BCUT2D eigenvalue weighted by molar-refractivity contribution is 14.1. The number of hydrogen-bond acceptors (Lipinski definition) is 3. The summed E-state index contributed by atoms with van der Waals surface area (Å²) in [5.74, 6) is 0. The van der Waals surface area contributed by atoms with Crippen molar-refractivity contribution in [3.63, 3.8) is 0 Å². The van der Waals surface area contributed by atoms with E-state index in [1.807, 2.05) is 44.4 Å². The van der Waals surface area contributed by atoms with E-state index in [4.69, 9.17) is 4.74 Å². The van der Waals surface area contributed by atoms with Gasteiger partial charge in [0.05, 0.1) is 10.6 Å². The quantitative estimate of drug-likeness (QED) is 0.682. The zero-order chi connectivity index (χ0) is 13.3. The maximum Gasteiger partial charge on any atom is 0.419 e. The van der Waals surface area contributed by atoms with E-state index in [0.717, 1.165) is 14.1 Å². The number of aromatic nitrogens is 1. The van der Waals surface area contributed by atoms with Crippen molar-refractivity contribution in [3.05, 3.63) is 33.3 Å². The summed E-state index contributed by atoms with van der Waals surface area (Å²) in [5, 5.41) is 1.99. The standard InChI is InChI=1S/C13H14INO2S/c1-13(2,3)17-12(16)15-8-9(14)7-10(15)11-5-4-6-18-11/h4-8H,1-3H3. The van der Waals surface area contributed by atoms with Crippen molar-refractivity contribution in [1.82, 2.24) is 4.57 Å². The van der Waals surface area contributed by atoms with Crippen LogP contribution in [0.25, 0.3) is 10.6 Å². The smallest absolute Gasteiger partial charge is 0.419 e. The van der Waals surface area contributed by atoms with Gasteiger partial charge in [0.15, 0.2) is 0 Å². The summed E-state index contributed by atoms with van der Waals surface area (Å²) < 4.78 is 7.99. The molecule has 5 heteroatoms. The van der Waals surface area contributed by atoms with Crippen LogP contribution < -0.4 is 0 Å². The fourth-order valence-corrected chi connectivity index (χ4v) is 2.82. The Balaban J connectivity index is 2.37. The molecule has 0 amide bonds. The second kappa shape index (κ2) is 5.05. The molecule has 0 saturated carbocycles. The van der Waals surface area contributed by atoms with E-state index in [2.05, 4.69) is 22.6 Å². The van der Waals surface area contributed by atoms with Crippen LogP contribution >= 0.6 is 33.9 Å². The SMILES string of the molecule is CC(C)(C)OC(=O)n1cc(I)cc1-c1cccs1. The van der Waals surface area contributed by atoms with E-state index in [0.29, 0.717) is 0 Å². The molecule has 0 N–H and O–H groups in total. The van der Waals surface area contributed by atoms with Gasteiger partial charge in [0.1, 0.15) is 5.60 Å². The molecule has 0 fully saturated rings. The Morgan fingerprint density at radius 1 is 1.44 bits per heavy atom. The predicted octanol–water partition coefficient (Wildman–Crippen LogP) is 4.60. The minimum atomic E-state index is -0.487. The molecule has 0 atom stereocenters. The molecule has 2 aromatic rings. The number of carbonyl (C=O) groups is 1. The number of hydrogen-bond donors (Lipinski definition) is 0. The molecule has 0 bridgehead atoms. The molecule has 96 valence electrons. The van der Waals surface area contributed by atoms with Crippen LogP contribution in [-0.2, 0) is 4.74 Å². The molecule has 0 aliphatic carbocycles. The lowest BCUT2D eigenvalue weighted by molar-refractivity contribution is 0.0540. The maximum absolute atomic E-state index is 12.1. The Labute approximate surface area is 124 Å². The van der Waals surface area contributed by atoms with E-state index in [9.17, 15) is 4.79 Å². The average Bonchev–Trinajstić information content (AvgIpc) is 2.82. The number of ether oxygens (including phenoxy) is 1. The predicted molar refractivity (Wildman–Crippen MR) is 82.1 cm³/mol. The molecule has 0 spiro atoms. The van der Waals surface area contributed by atoms with Crippen molar-refractivity contribution >= 4 is 40.0 Å². The van der Waals surface area contributed by atoms with Crippen molar-refractivity contribution in [1.29, 1.82) is 0 Å². The van der Waals surface area contributed by atoms with Gasteiger partial charge < -0.3 is 4.74 Å².